The first-order chi connectivity index (χ1) is 12.2. The number of benzene rings is 4. The molecule has 0 fully saturated rings. The lowest BCUT2D eigenvalue weighted by Crippen LogP contribution is -2.22. The number of rotatable bonds is 0. The van der Waals surface area contributed by atoms with E-state index in [0.29, 0.717) is 0 Å². The van der Waals surface area contributed by atoms with Crippen molar-refractivity contribution in [2.24, 2.45) is 0 Å². The molecule has 0 spiro atoms. The largest absolute Gasteiger partial charge is 0.256 e. The molecule has 1 heterocycles. The Labute approximate surface area is 145 Å². The van der Waals surface area contributed by atoms with E-state index in [0.717, 1.165) is 5.52 Å². The molecule has 6 rings (SSSR count). The molecular weight excluding hydrogens is 302 g/mol. The molecule has 0 saturated carbocycles. The van der Waals surface area contributed by atoms with Crippen LogP contribution in [0.1, 0.15) is 25.0 Å². The van der Waals surface area contributed by atoms with Crippen molar-refractivity contribution in [2.75, 3.05) is 0 Å². The highest BCUT2D eigenvalue weighted by Gasteiger charge is 2.32. The Hall–Kier alpha value is -2.93. The van der Waals surface area contributed by atoms with E-state index >= 15 is 0 Å². The molecular formula is C24H17N. The first-order valence-corrected chi connectivity index (χ1v) is 8.84. The molecule has 0 radical (unpaired) electrons. The van der Waals surface area contributed by atoms with Gasteiger partial charge < -0.3 is 0 Å². The fourth-order valence-corrected chi connectivity index (χ4v) is 4.91. The van der Waals surface area contributed by atoms with Gasteiger partial charge in [-0.3, -0.25) is 4.98 Å². The van der Waals surface area contributed by atoms with E-state index < -0.39 is 0 Å². The fraction of sp³-hybridized carbons (Fsp3) is 0.125. The van der Waals surface area contributed by atoms with Crippen LogP contribution in [0.15, 0.2) is 66.9 Å². The second-order valence-corrected chi connectivity index (χ2v) is 7.64. The Kier molecular flexibility index (Phi) is 2.23. The molecule has 1 nitrogen and oxygen atoms in total. The second kappa shape index (κ2) is 4.18. The average molecular weight is 319 g/mol. The summed E-state index contributed by atoms with van der Waals surface area (Å²) < 4.78 is 0. The Morgan fingerprint density at radius 3 is 2.28 bits per heavy atom. The van der Waals surface area contributed by atoms with Gasteiger partial charge in [0.15, 0.2) is 0 Å². The number of fused-ring (bicyclic) bond motifs is 3. The molecule has 1 aliphatic rings. The minimum Gasteiger partial charge on any atom is -0.256 e. The number of hydrogen-bond donors (Lipinski definition) is 0. The third-order valence-corrected chi connectivity index (χ3v) is 6.06. The first kappa shape index (κ1) is 13.4. The molecule has 0 saturated heterocycles. The maximum absolute atomic E-state index is 4.75. The van der Waals surface area contributed by atoms with Crippen molar-refractivity contribution in [3.05, 3.63) is 78.0 Å². The van der Waals surface area contributed by atoms with E-state index in [1.54, 1.807) is 0 Å². The average Bonchev–Trinajstić information content (AvgIpc) is 2.65. The third kappa shape index (κ3) is 1.44. The van der Waals surface area contributed by atoms with Gasteiger partial charge in [-0.25, -0.2) is 0 Å². The standard InChI is InChI=1S/C24H17N/c1-24(2)18-9-3-6-14-11-12-17-22(20(14)18)21-15(7-4-10-19(21)24)16-8-5-13-25-23(16)17/h3-13H,1-2H3. The zero-order valence-electron chi connectivity index (χ0n) is 14.3. The van der Waals surface area contributed by atoms with Crippen LogP contribution in [0, 0.1) is 0 Å². The van der Waals surface area contributed by atoms with Crippen molar-refractivity contribution in [2.45, 2.75) is 19.3 Å². The van der Waals surface area contributed by atoms with Crippen molar-refractivity contribution in [3.63, 3.8) is 0 Å². The lowest BCUT2D eigenvalue weighted by molar-refractivity contribution is 0.652. The molecule has 5 aromatic rings. The topological polar surface area (TPSA) is 12.9 Å². The summed E-state index contributed by atoms with van der Waals surface area (Å²) in [6, 6.07) is 22.2. The molecule has 0 atom stereocenters. The van der Waals surface area contributed by atoms with Gasteiger partial charge in [-0.15, -0.1) is 0 Å². The van der Waals surface area contributed by atoms with E-state index in [-0.39, 0.29) is 5.41 Å². The quantitative estimate of drug-likeness (QED) is 0.304. The van der Waals surface area contributed by atoms with Crippen LogP contribution in [0.4, 0.5) is 0 Å². The van der Waals surface area contributed by atoms with Gasteiger partial charge in [0.25, 0.3) is 0 Å². The van der Waals surface area contributed by atoms with Crippen LogP contribution < -0.4 is 0 Å². The summed E-state index contributed by atoms with van der Waals surface area (Å²) in [7, 11) is 0. The molecule has 4 aromatic carbocycles. The zero-order chi connectivity index (χ0) is 16.8. The van der Waals surface area contributed by atoms with Crippen LogP contribution in [-0.4, -0.2) is 4.98 Å². The first-order valence-electron chi connectivity index (χ1n) is 8.84. The van der Waals surface area contributed by atoms with Gasteiger partial charge >= 0.3 is 0 Å². The van der Waals surface area contributed by atoms with Gasteiger partial charge in [0, 0.05) is 27.8 Å². The van der Waals surface area contributed by atoms with E-state index in [2.05, 4.69) is 68.4 Å². The maximum Gasteiger partial charge on any atom is 0.0786 e. The predicted octanol–water partition coefficient (Wildman–Crippen LogP) is 6.33. The molecule has 0 unspecified atom stereocenters. The van der Waals surface area contributed by atoms with Gasteiger partial charge in [-0.05, 0) is 38.7 Å². The van der Waals surface area contributed by atoms with E-state index in [1.165, 1.54) is 48.8 Å². The molecule has 0 amide bonds. The number of nitrogens with zero attached hydrogens (tertiary/aromatic N) is 1. The van der Waals surface area contributed by atoms with Gasteiger partial charge in [-0.1, -0.05) is 68.4 Å². The van der Waals surface area contributed by atoms with Crippen LogP contribution in [0.3, 0.4) is 0 Å². The Morgan fingerprint density at radius 1 is 0.640 bits per heavy atom. The molecule has 25 heavy (non-hydrogen) atoms. The van der Waals surface area contributed by atoms with Crippen LogP contribution in [-0.2, 0) is 5.41 Å². The van der Waals surface area contributed by atoms with Crippen molar-refractivity contribution in [3.8, 4) is 0 Å². The van der Waals surface area contributed by atoms with Crippen molar-refractivity contribution in [1.29, 1.82) is 0 Å². The third-order valence-electron chi connectivity index (χ3n) is 6.06. The van der Waals surface area contributed by atoms with Crippen molar-refractivity contribution < 1.29 is 0 Å². The number of aromatic nitrogens is 1. The lowest BCUT2D eigenvalue weighted by Gasteiger charge is -2.34. The molecule has 1 heteroatoms. The van der Waals surface area contributed by atoms with Crippen LogP contribution in [0.25, 0.3) is 43.2 Å². The molecule has 0 N–H and O–H groups in total. The Bertz CT molecular complexity index is 1360. The summed E-state index contributed by atoms with van der Waals surface area (Å²) in [5.74, 6) is 0. The summed E-state index contributed by atoms with van der Waals surface area (Å²) in [5, 5.41) is 9.36. The Morgan fingerprint density at radius 2 is 1.40 bits per heavy atom. The van der Waals surface area contributed by atoms with E-state index in [1.807, 2.05) is 12.3 Å². The fourth-order valence-electron chi connectivity index (χ4n) is 4.91. The van der Waals surface area contributed by atoms with Crippen molar-refractivity contribution >= 4 is 43.2 Å². The van der Waals surface area contributed by atoms with E-state index in [9.17, 15) is 0 Å². The number of hydrogen-bond acceptors (Lipinski definition) is 1. The monoisotopic (exact) mass is 319 g/mol. The highest BCUT2D eigenvalue weighted by Crippen LogP contribution is 2.50. The molecule has 118 valence electrons. The lowest BCUT2D eigenvalue weighted by atomic mass is 9.69. The summed E-state index contributed by atoms with van der Waals surface area (Å²) in [6.07, 6.45) is 1.91. The van der Waals surface area contributed by atoms with Gasteiger partial charge in [0.1, 0.15) is 0 Å². The van der Waals surface area contributed by atoms with Gasteiger partial charge in [0.2, 0.25) is 0 Å². The summed E-state index contributed by atoms with van der Waals surface area (Å²) in [6.45, 7) is 4.71. The summed E-state index contributed by atoms with van der Waals surface area (Å²) in [4.78, 5) is 4.75. The summed E-state index contributed by atoms with van der Waals surface area (Å²) >= 11 is 0. The predicted molar refractivity (Wildman–Crippen MR) is 106 cm³/mol. The maximum atomic E-state index is 4.75. The normalized spacial score (nSPS) is 15.1. The molecule has 0 aliphatic heterocycles. The van der Waals surface area contributed by atoms with Crippen molar-refractivity contribution in [1.82, 2.24) is 4.98 Å². The van der Waals surface area contributed by atoms with Crippen LogP contribution in [0.5, 0.6) is 0 Å². The van der Waals surface area contributed by atoms with Crippen LogP contribution in [0.2, 0.25) is 0 Å². The minimum atomic E-state index is -0.00378. The van der Waals surface area contributed by atoms with E-state index in [4.69, 9.17) is 4.98 Å². The summed E-state index contributed by atoms with van der Waals surface area (Å²) in [5.41, 5.74) is 3.95. The minimum absolute atomic E-state index is 0.00378. The van der Waals surface area contributed by atoms with Crippen LogP contribution >= 0.6 is 0 Å². The second-order valence-electron chi connectivity index (χ2n) is 7.64. The highest BCUT2D eigenvalue weighted by molar-refractivity contribution is 6.33. The van der Waals surface area contributed by atoms with Gasteiger partial charge in [-0.2, -0.15) is 0 Å². The molecule has 0 bridgehead atoms. The van der Waals surface area contributed by atoms with Gasteiger partial charge in [0.05, 0.1) is 5.52 Å². The molecule has 1 aromatic heterocycles. The number of pyridine rings is 1. The Balaban J connectivity index is 2.12. The SMILES string of the molecule is CC1(C)c2cccc3ccc4c5ncccc5c5cccc1c5c4c23. The zero-order valence-corrected chi connectivity index (χ0v) is 14.3. The highest BCUT2D eigenvalue weighted by atomic mass is 14.6. The smallest absolute Gasteiger partial charge is 0.0786 e. The molecule has 1 aliphatic carbocycles.